The van der Waals surface area contributed by atoms with Crippen molar-refractivity contribution in [3.05, 3.63) is 89.1 Å². The Labute approximate surface area is 201 Å². The first kappa shape index (κ1) is 21.4. The molecule has 5 aromatic rings. The minimum atomic E-state index is -0.443. The number of para-hydroxylation sites is 2. The fourth-order valence-corrected chi connectivity index (χ4v) is 5.09. The predicted octanol–water partition coefficient (Wildman–Crippen LogP) is 3.75. The van der Waals surface area contributed by atoms with Crippen LogP contribution in [-0.4, -0.2) is 46.2 Å². The van der Waals surface area contributed by atoms with Crippen LogP contribution in [0.1, 0.15) is 28.4 Å². The van der Waals surface area contributed by atoms with E-state index in [1.54, 1.807) is 7.11 Å². The number of nitrogens with zero attached hydrogens (tertiary/aromatic N) is 3. The second kappa shape index (κ2) is 8.56. The van der Waals surface area contributed by atoms with Gasteiger partial charge in [-0.3, -0.25) is 10.1 Å². The summed E-state index contributed by atoms with van der Waals surface area (Å²) in [7, 11) is 3.09. The number of H-pyrrole nitrogens is 1. The number of carbonyl (C=O) groups is 1. The molecule has 0 saturated carbocycles. The van der Waals surface area contributed by atoms with Crippen molar-refractivity contribution in [1.82, 2.24) is 25.3 Å². The zero-order chi connectivity index (χ0) is 23.9. The zero-order valence-corrected chi connectivity index (χ0v) is 19.5. The molecule has 0 aliphatic carbocycles. The number of nitrogens with one attached hydrogen (secondary N) is 2. The molecule has 0 unspecified atom stereocenters. The highest BCUT2D eigenvalue weighted by Gasteiger charge is 2.34. The highest BCUT2D eigenvalue weighted by atomic mass is 16.5. The van der Waals surface area contributed by atoms with Gasteiger partial charge < -0.3 is 14.5 Å². The van der Waals surface area contributed by atoms with E-state index < -0.39 is 6.04 Å². The van der Waals surface area contributed by atoms with E-state index in [9.17, 15) is 4.79 Å². The summed E-state index contributed by atoms with van der Waals surface area (Å²) in [6.07, 6.45) is 0.566. The SMILES string of the molecule is COC(=O)[C@H]1Cc2c([nH]c3ccccc23)[C@@H](c2ccc(OC)c(Cn3nnc4ccccc43)c2)N1. The number of hydrogen-bond acceptors (Lipinski definition) is 6. The van der Waals surface area contributed by atoms with Gasteiger partial charge in [0.15, 0.2) is 0 Å². The van der Waals surface area contributed by atoms with Crippen molar-refractivity contribution in [3.63, 3.8) is 0 Å². The number of ether oxygens (including phenoxy) is 2. The first-order valence-electron chi connectivity index (χ1n) is 11.5. The van der Waals surface area contributed by atoms with Crippen LogP contribution in [0, 0.1) is 0 Å². The summed E-state index contributed by atoms with van der Waals surface area (Å²) >= 11 is 0. The van der Waals surface area contributed by atoms with E-state index >= 15 is 0 Å². The van der Waals surface area contributed by atoms with Crippen LogP contribution in [0.3, 0.4) is 0 Å². The molecule has 0 amide bonds. The van der Waals surface area contributed by atoms with E-state index in [2.05, 4.69) is 38.8 Å². The number of rotatable bonds is 5. The summed E-state index contributed by atoms with van der Waals surface area (Å²) in [5.41, 5.74) is 7.05. The number of aromatic nitrogens is 4. The number of esters is 1. The summed E-state index contributed by atoms with van der Waals surface area (Å²) in [6.45, 7) is 0.504. The molecule has 0 bridgehead atoms. The van der Waals surface area contributed by atoms with Crippen molar-refractivity contribution in [2.24, 2.45) is 0 Å². The number of benzene rings is 3. The van der Waals surface area contributed by atoms with Crippen LogP contribution in [0.15, 0.2) is 66.7 Å². The van der Waals surface area contributed by atoms with Gasteiger partial charge in [-0.25, -0.2) is 4.68 Å². The van der Waals surface area contributed by atoms with Gasteiger partial charge in [-0.2, -0.15) is 0 Å². The lowest BCUT2D eigenvalue weighted by Gasteiger charge is -2.30. The van der Waals surface area contributed by atoms with Crippen LogP contribution in [0.25, 0.3) is 21.9 Å². The van der Waals surface area contributed by atoms with Crippen molar-refractivity contribution in [2.75, 3.05) is 14.2 Å². The van der Waals surface area contributed by atoms with E-state index in [4.69, 9.17) is 9.47 Å². The third-order valence-corrected chi connectivity index (χ3v) is 6.78. The average Bonchev–Trinajstić information content (AvgIpc) is 3.49. The predicted molar refractivity (Wildman–Crippen MR) is 132 cm³/mol. The highest BCUT2D eigenvalue weighted by Crippen LogP contribution is 2.37. The normalized spacial score (nSPS) is 17.4. The summed E-state index contributed by atoms with van der Waals surface area (Å²) in [4.78, 5) is 16.2. The van der Waals surface area contributed by atoms with Crippen molar-refractivity contribution in [2.45, 2.75) is 25.0 Å². The van der Waals surface area contributed by atoms with E-state index in [0.717, 1.165) is 50.1 Å². The first-order chi connectivity index (χ1) is 17.2. The second-order valence-electron chi connectivity index (χ2n) is 8.75. The molecule has 1 aliphatic rings. The molecule has 0 radical (unpaired) electrons. The molecule has 0 fully saturated rings. The van der Waals surface area contributed by atoms with Gasteiger partial charge in [-0.05, 0) is 41.5 Å². The number of hydrogen-bond donors (Lipinski definition) is 2. The van der Waals surface area contributed by atoms with E-state index in [1.165, 1.54) is 7.11 Å². The first-order valence-corrected chi connectivity index (χ1v) is 11.5. The van der Waals surface area contributed by atoms with Gasteiger partial charge in [0, 0.05) is 28.6 Å². The Morgan fingerprint density at radius 3 is 2.77 bits per heavy atom. The van der Waals surface area contributed by atoms with Crippen LogP contribution in [0.2, 0.25) is 0 Å². The van der Waals surface area contributed by atoms with Crippen LogP contribution >= 0.6 is 0 Å². The van der Waals surface area contributed by atoms with Crippen molar-refractivity contribution in [1.29, 1.82) is 0 Å². The maximum atomic E-state index is 12.6. The van der Waals surface area contributed by atoms with Crippen LogP contribution in [-0.2, 0) is 22.5 Å². The molecule has 176 valence electrons. The van der Waals surface area contributed by atoms with Gasteiger partial charge in [-0.1, -0.05) is 41.6 Å². The molecule has 8 nitrogen and oxygen atoms in total. The lowest BCUT2D eigenvalue weighted by molar-refractivity contribution is -0.143. The molecule has 0 saturated heterocycles. The standard InChI is InChI=1S/C27H25N5O3/c1-34-24-12-11-16(13-17(24)15-32-23-10-6-5-9-21(23)30-31-32)25-26-19(14-22(29-25)27(33)35-2)18-7-3-4-8-20(18)28-26/h3-13,22,25,28-29H,14-15H2,1-2H3/t22-,25-/m1/s1. The molecule has 2 atom stereocenters. The Kier molecular flexibility index (Phi) is 5.22. The summed E-state index contributed by atoms with van der Waals surface area (Å²) in [5.74, 6) is 0.499. The average molecular weight is 468 g/mol. The number of aromatic amines is 1. The monoisotopic (exact) mass is 467 g/mol. The largest absolute Gasteiger partial charge is 0.496 e. The topological polar surface area (TPSA) is 94.1 Å². The molecule has 35 heavy (non-hydrogen) atoms. The summed E-state index contributed by atoms with van der Waals surface area (Å²) < 4.78 is 12.6. The zero-order valence-electron chi connectivity index (χ0n) is 19.5. The van der Waals surface area contributed by atoms with Gasteiger partial charge >= 0.3 is 5.97 Å². The van der Waals surface area contributed by atoms with Gasteiger partial charge in [-0.15, -0.1) is 5.10 Å². The van der Waals surface area contributed by atoms with Crippen molar-refractivity contribution < 1.29 is 14.3 Å². The summed E-state index contributed by atoms with van der Waals surface area (Å²) in [5, 5.41) is 13.3. The Morgan fingerprint density at radius 2 is 1.91 bits per heavy atom. The van der Waals surface area contributed by atoms with Gasteiger partial charge in [0.2, 0.25) is 0 Å². The maximum absolute atomic E-state index is 12.6. The Morgan fingerprint density at radius 1 is 1.09 bits per heavy atom. The van der Waals surface area contributed by atoms with E-state index in [0.29, 0.717) is 13.0 Å². The third-order valence-electron chi connectivity index (χ3n) is 6.78. The Bertz CT molecular complexity index is 1550. The van der Waals surface area contributed by atoms with Crippen LogP contribution < -0.4 is 10.1 Å². The van der Waals surface area contributed by atoms with E-state index in [-0.39, 0.29) is 12.0 Å². The highest BCUT2D eigenvalue weighted by molar-refractivity contribution is 5.87. The second-order valence-corrected chi connectivity index (χ2v) is 8.75. The van der Waals surface area contributed by atoms with Gasteiger partial charge in [0.25, 0.3) is 0 Å². The molecule has 3 aromatic carbocycles. The summed E-state index contributed by atoms with van der Waals surface area (Å²) in [6, 6.07) is 21.5. The molecule has 2 aromatic heterocycles. The molecule has 6 rings (SSSR count). The molecule has 8 heteroatoms. The number of methoxy groups -OCH3 is 2. The van der Waals surface area contributed by atoms with Crippen LogP contribution in [0.5, 0.6) is 5.75 Å². The van der Waals surface area contributed by atoms with E-state index in [1.807, 2.05) is 53.2 Å². The minimum Gasteiger partial charge on any atom is -0.496 e. The minimum absolute atomic E-state index is 0.215. The molecule has 2 N–H and O–H groups in total. The lowest BCUT2D eigenvalue weighted by atomic mass is 9.89. The smallest absolute Gasteiger partial charge is 0.323 e. The maximum Gasteiger partial charge on any atom is 0.323 e. The number of carbonyl (C=O) groups excluding carboxylic acids is 1. The number of fused-ring (bicyclic) bond motifs is 4. The Balaban J connectivity index is 1.44. The molecule has 1 aliphatic heterocycles. The fraction of sp³-hybridized carbons (Fsp3) is 0.222. The van der Waals surface area contributed by atoms with Crippen molar-refractivity contribution >= 4 is 27.9 Å². The fourth-order valence-electron chi connectivity index (χ4n) is 5.09. The molecular formula is C27H25N5O3. The third kappa shape index (κ3) is 3.63. The van der Waals surface area contributed by atoms with Crippen molar-refractivity contribution in [3.8, 4) is 5.75 Å². The van der Waals surface area contributed by atoms with Gasteiger partial charge in [0.05, 0.1) is 32.3 Å². The lowest BCUT2D eigenvalue weighted by Crippen LogP contribution is -2.45. The van der Waals surface area contributed by atoms with Gasteiger partial charge in [0.1, 0.15) is 17.3 Å². The molecular weight excluding hydrogens is 442 g/mol. The quantitative estimate of drug-likeness (QED) is 0.383. The molecule has 0 spiro atoms. The molecule has 3 heterocycles. The van der Waals surface area contributed by atoms with Crippen LogP contribution in [0.4, 0.5) is 0 Å². The Hall–Kier alpha value is -4.17.